The Morgan fingerprint density at radius 3 is 2.19 bits per heavy atom. The standard InChI is InChI=1S/C16H20F4N2O4/c1-3-25-13(23)15(26-4-2,16(18,19)20)22-14(24)21-10-9-11-5-7-12(17)8-6-11/h5-8H,3-4,9-10H2,1-2H3,(H2,21,22,24)/t15-/m1/s1. The Hall–Kier alpha value is -2.36. The largest absolute Gasteiger partial charge is 0.462 e. The minimum Gasteiger partial charge on any atom is -0.462 e. The fourth-order valence-electron chi connectivity index (χ4n) is 2.04. The Balaban J connectivity index is 2.77. The Kier molecular flexibility index (Phi) is 7.81. The van der Waals surface area contributed by atoms with Gasteiger partial charge in [-0.1, -0.05) is 12.1 Å². The number of rotatable bonds is 8. The zero-order valence-electron chi connectivity index (χ0n) is 14.3. The lowest BCUT2D eigenvalue weighted by atomic mass is 10.1. The monoisotopic (exact) mass is 380 g/mol. The highest BCUT2D eigenvalue weighted by Gasteiger charge is 2.64. The Morgan fingerprint density at radius 2 is 1.69 bits per heavy atom. The quantitative estimate of drug-likeness (QED) is 0.413. The second-order valence-corrected chi connectivity index (χ2v) is 5.09. The predicted molar refractivity (Wildman–Crippen MR) is 83.7 cm³/mol. The highest BCUT2D eigenvalue weighted by atomic mass is 19.4. The molecule has 0 saturated carbocycles. The minimum atomic E-state index is -5.23. The lowest BCUT2D eigenvalue weighted by molar-refractivity contribution is -0.283. The van der Waals surface area contributed by atoms with E-state index < -0.39 is 36.3 Å². The number of amides is 2. The van der Waals surface area contributed by atoms with E-state index in [9.17, 15) is 27.2 Å². The summed E-state index contributed by atoms with van der Waals surface area (Å²) in [6.07, 6.45) is -4.98. The van der Waals surface area contributed by atoms with Crippen LogP contribution in [0.4, 0.5) is 22.4 Å². The molecule has 1 aromatic carbocycles. The summed E-state index contributed by atoms with van der Waals surface area (Å²) in [4.78, 5) is 23.7. The number of halogens is 4. The van der Waals surface area contributed by atoms with Gasteiger partial charge in [0, 0.05) is 13.2 Å². The molecule has 1 rings (SSSR count). The summed E-state index contributed by atoms with van der Waals surface area (Å²) in [6, 6.07) is 4.15. The molecule has 0 aliphatic heterocycles. The van der Waals surface area contributed by atoms with Crippen LogP contribution in [0.5, 0.6) is 0 Å². The number of alkyl halides is 3. The van der Waals surface area contributed by atoms with E-state index in [4.69, 9.17) is 0 Å². The van der Waals surface area contributed by atoms with Crippen LogP contribution in [0.3, 0.4) is 0 Å². The van der Waals surface area contributed by atoms with E-state index in [0.29, 0.717) is 5.56 Å². The average Bonchev–Trinajstić information content (AvgIpc) is 2.55. The van der Waals surface area contributed by atoms with Crippen LogP contribution in [0.25, 0.3) is 0 Å². The van der Waals surface area contributed by atoms with Crippen LogP contribution in [0.15, 0.2) is 24.3 Å². The molecule has 0 bridgehead atoms. The van der Waals surface area contributed by atoms with Gasteiger partial charge in [-0.05, 0) is 38.0 Å². The first-order valence-corrected chi connectivity index (χ1v) is 7.84. The van der Waals surface area contributed by atoms with Gasteiger partial charge in [-0.2, -0.15) is 13.2 Å². The van der Waals surface area contributed by atoms with Crippen molar-refractivity contribution in [2.45, 2.75) is 32.2 Å². The van der Waals surface area contributed by atoms with Gasteiger partial charge >= 0.3 is 23.9 Å². The highest BCUT2D eigenvalue weighted by Crippen LogP contribution is 2.33. The van der Waals surface area contributed by atoms with Gasteiger partial charge < -0.3 is 14.8 Å². The minimum absolute atomic E-state index is 0.0413. The van der Waals surface area contributed by atoms with Gasteiger partial charge in [0.25, 0.3) is 0 Å². The molecule has 1 atom stereocenters. The Bertz CT molecular complexity index is 607. The summed E-state index contributed by atoms with van der Waals surface area (Å²) in [7, 11) is 0. The first-order chi connectivity index (χ1) is 12.2. The third kappa shape index (κ3) is 5.58. The molecule has 6 nitrogen and oxygen atoms in total. The summed E-state index contributed by atoms with van der Waals surface area (Å²) >= 11 is 0. The van der Waals surface area contributed by atoms with E-state index in [1.807, 2.05) is 0 Å². The second-order valence-electron chi connectivity index (χ2n) is 5.09. The van der Waals surface area contributed by atoms with E-state index in [0.717, 1.165) is 0 Å². The van der Waals surface area contributed by atoms with Crippen molar-refractivity contribution < 1.29 is 36.6 Å². The van der Waals surface area contributed by atoms with E-state index >= 15 is 0 Å². The van der Waals surface area contributed by atoms with Gasteiger partial charge in [0.1, 0.15) is 5.82 Å². The molecule has 0 saturated heterocycles. The third-order valence-corrected chi connectivity index (χ3v) is 3.22. The van der Waals surface area contributed by atoms with Crippen molar-refractivity contribution in [3.05, 3.63) is 35.6 Å². The predicted octanol–water partition coefficient (Wildman–Crippen LogP) is 2.53. The smallest absolute Gasteiger partial charge is 0.448 e. The van der Waals surface area contributed by atoms with Gasteiger partial charge in [0.2, 0.25) is 0 Å². The zero-order chi connectivity index (χ0) is 19.8. The fourth-order valence-corrected chi connectivity index (χ4v) is 2.04. The van der Waals surface area contributed by atoms with E-state index in [1.54, 1.807) is 0 Å². The Morgan fingerprint density at radius 1 is 1.08 bits per heavy atom. The van der Waals surface area contributed by atoms with E-state index in [1.165, 1.54) is 43.4 Å². The average molecular weight is 380 g/mol. The molecule has 0 spiro atoms. The topological polar surface area (TPSA) is 76.7 Å². The Labute approximate surface area is 147 Å². The van der Waals surface area contributed by atoms with Gasteiger partial charge in [-0.3, -0.25) is 5.32 Å². The molecular formula is C16H20F4N2O4. The maximum absolute atomic E-state index is 13.4. The molecule has 2 amide bonds. The molecule has 10 heteroatoms. The number of nitrogens with one attached hydrogen (secondary N) is 2. The van der Waals surface area contributed by atoms with E-state index in [2.05, 4.69) is 14.8 Å². The molecule has 0 unspecified atom stereocenters. The van der Waals surface area contributed by atoms with Crippen molar-refractivity contribution in [2.75, 3.05) is 19.8 Å². The van der Waals surface area contributed by atoms with Crippen molar-refractivity contribution in [3.63, 3.8) is 0 Å². The van der Waals surface area contributed by atoms with Crippen molar-refractivity contribution in [2.24, 2.45) is 0 Å². The number of carbonyl (C=O) groups excluding carboxylic acids is 2. The summed E-state index contributed by atoms with van der Waals surface area (Å²) in [6.45, 7) is 1.72. The molecule has 0 radical (unpaired) electrons. The number of ether oxygens (including phenoxy) is 2. The molecule has 26 heavy (non-hydrogen) atoms. The summed E-state index contributed by atoms with van der Waals surface area (Å²) < 4.78 is 62.0. The van der Waals surface area contributed by atoms with Crippen molar-refractivity contribution in [1.29, 1.82) is 0 Å². The molecule has 2 N–H and O–H groups in total. The summed E-state index contributed by atoms with van der Waals surface area (Å²) in [5.74, 6) is -2.19. The number of urea groups is 1. The zero-order valence-corrected chi connectivity index (χ0v) is 14.3. The van der Waals surface area contributed by atoms with Crippen molar-refractivity contribution in [1.82, 2.24) is 10.6 Å². The first kappa shape index (κ1) is 21.7. The molecule has 146 valence electrons. The molecule has 0 fully saturated rings. The van der Waals surface area contributed by atoms with Crippen molar-refractivity contribution >= 4 is 12.0 Å². The SMILES string of the molecule is CCOC(=O)[C@@](NC(=O)NCCc1ccc(F)cc1)(OCC)C(F)(F)F. The van der Waals surface area contributed by atoms with Crippen LogP contribution < -0.4 is 10.6 Å². The van der Waals surface area contributed by atoms with E-state index in [-0.39, 0.29) is 19.6 Å². The van der Waals surface area contributed by atoms with Gasteiger partial charge in [0.05, 0.1) is 6.61 Å². The van der Waals surface area contributed by atoms with Gasteiger partial charge in [-0.25, -0.2) is 14.0 Å². The van der Waals surface area contributed by atoms with Crippen LogP contribution in [0, 0.1) is 5.82 Å². The van der Waals surface area contributed by atoms with Gasteiger partial charge in [-0.15, -0.1) is 0 Å². The molecule has 0 aliphatic carbocycles. The lowest BCUT2D eigenvalue weighted by Gasteiger charge is -2.33. The van der Waals surface area contributed by atoms with Crippen LogP contribution in [0.2, 0.25) is 0 Å². The number of carbonyl (C=O) groups is 2. The number of benzene rings is 1. The maximum Gasteiger partial charge on any atom is 0.448 e. The summed E-state index contributed by atoms with van der Waals surface area (Å²) in [5, 5.41) is 3.72. The number of esters is 1. The van der Waals surface area contributed by atoms with Crippen LogP contribution in [0.1, 0.15) is 19.4 Å². The molecule has 0 heterocycles. The summed E-state index contributed by atoms with van der Waals surface area (Å²) in [5.41, 5.74) is -2.93. The van der Waals surface area contributed by atoms with Crippen LogP contribution in [-0.2, 0) is 20.7 Å². The normalized spacial score (nSPS) is 13.6. The van der Waals surface area contributed by atoms with Crippen LogP contribution in [-0.4, -0.2) is 43.7 Å². The number of hydrogen-bond acceptors (Lipinski definition) is 4. The molecule has 0 aliphatic rings. The van der Waals surface area contributed by atoms with Crippen molar-refractivity contribution in [3.8, 4) is 0 Å². The van der Waals surface area contributed by atoms with Crippen LogP contribution >= 0.6 is 0 Å². The third-order valence-electron chi connectivity index (χ3n) is 3.22. The molecule has 0 aromatic heterocycles. The fraction of sp³-hybridized carbons (Fsp3) is 0.500. The lowest BCUT2D eigenvalue weighted by Crippen LogP contribution is -2.67. The molecule has 1 aromatic rings. The number of hydrogen-bond donors (Lipinski definition) is 2. The maximum atomic E-state index is 13.4. The second kappa shape index (κ2) is 9.37. The molecular weight excluding hydrogens is 360 g/mol. The highest BCUT2D eigenvalue weighted by molar-refractivity contribution is 5.87. The first-order valence-electron chi connectivity index (χ1n) is 7.84. The van der Waals surface area contributed by atoms with Gasteiger partial charge in [0.15, 0.2) is 0 Å².